The second-order valence-electron chi connectivity index (χ2n) is 3.27. The summed E-state index contributed by atoms with van der Waals surface area (Å²) < 4.78 is 0. The fourth-order valence-corrected chi connectivity index (χ4v) is 1.75. The molecule has 52 valence electrons. The number of aliphatic hydroxyl groups excluding tert-OH is 1. The average molecular weight is 127 g/mol. The van der Waals surface area contributed by atoms with Crippen molar-refractivity contribution in [1.82, 2.24) is 5.32 Å². The number of hydrogen-bond acceptors (Lipinski definition) is 2. The van der Waals surface area contributed by atoms with E-state index >= 15 is 0 Å². The predicted octanol–water partition coefficient (Wildman–Crippen LogP) is 0.263. The summed E-state index contributed by atoms with van der Waals surface area (Å²) in [5, 5.41) is 12.7. The normalized spacial score (nSPS) is 49.7. The van der Waals surface area contributed by atoms with Crippen LogP contribution in [0.4, 0.5) is 0 Å². The molecule has 0 amide bonds. The summed E-state index contributed by atoms with van der Waals surface area (Å²) >= 11 is 0. The molecule has 0 radical (unpaired) electrons. The smallest absolute Gasteiger partial charge is 0.0734 e. The number of rotatable bonds is 0. The minimum Gasteiger partial charge on any atom is -0.391 e. The maximum atomic E-state index is 9.44. The molecule has 1 spiro atoms. The molecule has 2 atom stereocenters. The van der Waals surface area contributed by atoms with Crippen molar-refractivity contribution in [3.05, 3.63) is 0 Å². The van der Waals surface area contributed by atoms with Crippen molar-refractivity contribution in [2.75, 3.05) is 6.54 Å². The molecule has 0 aromatic carbocycles. The Hall–Kier alpha value is -0.0800. The molecular formula is C7H13NO. The molecule has 0 aromatic heterocycles. The van der Waals surface area contributed by atoms with Gasteiger partial charge in [-0.15, -0.1) is 0 Å². The Morgan fingerprint density at radius 1 is 1.44 bits per heavy atom. The molecule has 0 bridgehead atoms. The van der Waals surface area contributed by atoms with Crippen molar-refractivity contribution in [3.8, 4) is 0 Å². The van der Waals surface area contributed by atoms with E-state index in [0.717, 1.165) is 13.0 Å². The van der Waals surface area contributed by atoms with E-state index in [9.17, 15) is 5.11 Å². The van der Waals surface area contributed by atoms with E-state index in [-0.39, 0.29) is 11.6 Å². The molecule has 2 fully saturated rings. The lowest BCUT2D eigenvalue weighted by molar-refractivity contribution is 0.0927. The summed E-state index contributed by atoms with van der Waals surface area (Å²) in [7, 11) is 0. The van der Waals surface area contributed by atoms with Gasteiger partial charge >= 0.3 is 0 Å². The highest BCUT2D eigenvalue weighted by Crippen LogP contribution is 2.35. The minimum atomic E-state index is -0.0498. The Morgan fingerprint density at radius 2 is 2.22 bits per heavy atom. The van der Waals surface area contributed by atoms with Crippen molar-refractivity contribution >= 4 is 0 Å². The van der Waals surface area contributed by atoms with Crippen LogP contribution in [0.3, 0.4) is 0 Å². The molecular weight excluding hydrogens is 114 g/mol. The predicted molar refractivity (Wildman–Crippen MR) is 35.2 cm³/mol. The molecule has 2 heteroatoms. The monoisotopic (exact) mass is 127 g/mol. The molecule has 2 aliphatic rings. The van der Waals surface area contributed by atoms with Gasteiger partial charge in [0.2, 0.25) is 0 Å². The third-order valence-corrected chi connectivity index (χ3v) is 2.62. The zero-order valence-electron chi connectivity index (χ0n) is 5.56. The standard InChI is InChI=1S/C7H13NO/c9-6-3-1-2-4-7(6)5-8-7/h6,8-9H,1-5H2. The lowest BCUT2D eigenvalue weighted by atomic mass is 9.86. The third kappa shape index (κ3) is 0.775. The van der Waals surface area contributed by atoms with Crippen LogP contribution in [-0.4, -0.2) is 23.3 Å². The number of aliphatic hydroxyl groups is 1. The number of nitrogens with one attached hydrogen (secondary N) is 1. The van der Waals surface area contributed by atoms with Gasteiger partial charge in [-0.3, -0.25) is 0 Å². The van der Waals surface area contributed by atoms with Gasteiger partial charge in [-0.25, -0.2) is 0 Å². The van der Waals surface area contributed by atoms with Crippen LogP contribution in [0.5, 0.6) is 0 Å². The van der Waals surface area contributed by atoms with Crippen LogP contribution in [-0.2, 0) is 0 Å². The first kappa shape index (κ1) is 5.69. The molecule has 2 nitrogen and oxygen atoms in total. The molecule has 1 saturated heterocycles. The molecule has 2 unspecified atom stereocenters. The van der Waals surface area contributed by atoms with Crippen LogP contribution >= 0.6 is 0 Å². The third-order valence-electron chi connectivity index (χ3n) is 2.62. The molecule has 2 N–H and O–H groups in total. The summed E-state index contributed by atoms with van der Waals surface area (Å²) in [5.41, 5.74) is 0.193. The molecule has 1 aliphatic heterocycles. The Labute approximate surface area is 55.3 Å². The molecule has 2 rings (SSSR count). The molecule has 0 aromatic rings. The first-order valence-electron chi connectivity index (χ1n) is 3.77. The van der Waals surface area contributed by atoms with E-state index in [4.69, 9.17) is 0 Å². The van der Waals surface area contributed by atoms with Gasteiger partial charge in [0.25, 0.3) is 0 Å². The largest absolute Gasteiger partial charge is 0.391 e. The van der Waals surface area contributed by atoms with Crippen LogP contribution in [0.1, 0.15) is 25.7 Å². The van der Waals surface area contributed by atoms with Gasteiger partial charge in [-0.1, -0.05) is 12.8 Å². The first-order chi connectivity index (χ1) is 4.33. The van der Waals surface area contributed by atoms with E-state index in [0.29, 0.717) is 0 Å². The first-order valence-corrected chi connectivity index (χ1v) is 3.77. The fourth-order valence-electron chi connectivity index (χ4n) is 1.75. The maximum absolute atomic E-state index is 9.44. The Kier molecular flexibility index (Phi) is 1.08. The van der Waals surface area contributed by atoms with Gasteiger partial charge in [0, 0.05) is 6.54 Å². The summed E-state index contributed by atoms with van der Waals surface area (Å²) in [6, 6.07) is 0. The molecule has 1 saturated carbocycles. The lowest BCUT2D eigenvalue weighted by Gasteiger charge is -2.25. The number of hydrogen-bond donors (Lipinski definition) is 2. The summed E-state index contributed by atoms with van der Waals surface area (Å²) in [6.07, 6.45) is 4.65. The van der Waals surface area contributed by atoms with Crippen molar-refractivity contribution in [3.63, 3.8) is 0 Å². The Bertz CT molecular complexity index is 120. The summed E-state index contributed by atoms with van der Waals surface area (Å²) in [5.74, 6) is 0. The second-order valence-corrected chi connectivity index (χ2v) is 3.27. The van der Waals surface area contributed by atoms with Gasteiger partial charge in [0.15, 0.2) is 0 Å². The van der Waals surface area contributed by atoms with Gasteiger partial charge in [0.05, 0.1) is 11.6 Å². The highest BCUT2D eigenvalue weighted by molar-refractivity contribution is 5.10. The van der Waals surface area contributed by atoms with Crippen molar-refractivity contribution in [2.45, 2.75) is 37.3 Å². The zero-order valence-corrected chi connectivity index (χ0v) is 5.56. The van der Waals surface area contributed by atoms with Crippen LogP contribution in [0.25, 0.3) is 0 Å². The van der Waals surface area contributed by atoms with Crippen molar-refractivity contribution in [2.24, 2.45) is 0 Å². The van der Waals surface area contributed by atoms with Crippen LogP contribution in [0.15, 0.2) is 0 Å². The van der Waals surface area contributed by atoms with Gasteiger partial charge in [0.1, 0.15) is 0 Å². The minimum absolute atomic E-state index is 0.0498. The van der Waals surface area contributed by atoms with Crippen LogP contribution in [0, 0.1) is 0 Å². The fraction of sp³-hybridized carbons (Fsp3) is 1.00. The topological polar surface area (TPSA) is 42.2 Å². The molecule has 9 heavy (non-hydrogen) atoms. The van der Waals surface area contributed by atoms with E-state index in [1.165, 1.54) is 19.3 Å². The summed E-state index contributed by atoms with van der Waals surface area (Å²) in [4.78, 5) is 0. The average Bonchev–Trinajstić information content (AvgIpc) is 2.60. The zero-order chi connectivity index (χ0) is 6.32. The Morgan fingerprint density at radius 3 is 2.67 bits per heavy atom. The lowest BCUT2D eigenvalue weighted by Crippen LogP contribution is -2.35. The Balaban J connectivity index is 2.03. The highest BCUT2D eigenvalue weighted by atomic mass is 16.3. The van der Waals surface area contributed by atoms with E-state index < -0.39 is 0 Å². The van der Waals surface area contributed by atoms with Crippen LogP contribution < -0.4 is 5.32 Å². The molecule has 1 aliphatic carbocycles. The second kappa shape index (κ2) is 1.70. The SMILES string of the molecule is OC1CCCCC12CN2. The van der Waals surface area contributed by atoms with Gasteiger partial charge in [-0.2, -0.15) is 0 Å². The van der Waals surface area contributed by atoms with Crippen molar-refractivity contribution in [1.29, 1.82) is 0 Å². The molecule has 1 heterocycles. The van der Waals surface area contributed by atoms with Crippen LogP contribution in [0.2, 0.25) is 0 Å². The quantitative estimate of drug-likeness (QED) is 0.458. The van der Waals surface area contributed by atoms with Crippen molar-refractivity contribution < 1.29 is 5.11 Å². The van der Waals surface area contributed by atoms with Gasteiger partial charge in [-0.05, 0) is 12.8 Å². The van der Waals surface area contributed by atoms with Gasteiger partial charge < -0.3 is 10.4 Å². The van der Waals surface area contributed by atoms with E-state index in [1.807, 2.05) is 0 Å². The maximum Gasteiger partial charge on any atom is 0.0734 e. The highest BCUT2D eigenvalue weighted by Gasteiger charge is 2.49. The van der Waals surface area contributed by atoms with E-state index in [1.54, 1.807) is 0 Å². The summed E-state index contributed by atoms with van der Waals surface area (Å²) in [6.45, 7) is 1.05. The van der Waals surface area contributed by atoms with E-state index in [2.05, 4.69) is 5.32 Å².